The van der Waals surface area contributed by atoms with E-state index in [1.807, 2.05) is 19.9 Å². The summed E-state index contributed by atoms with van der Waals surface area (Å²) < 4.78 is 7.36. The average molecular weight is 422 g/mol. The SMILES string of the molecule is COc1cccc(Cn2c(=O)c(C(=O)NC(C)C)nn(-c3cc(C)cc(C)c3)c2=O)c1. The Morgan fingerprint density at radius 3 is 2.39 bits per heavy atom. The first-order valence-corrected chi connectivity index (χ1v) is 9.96. The molecule has 162 valence electrons. The third kappa shape index (κ3) is 4.91. The summed E-state index contributed by atoms with van der Waals surface area (Å²) in [6.07, 6.45) is 0. The van der Waals surface area contributed by atoms with Crippen LogP contribution in [0.3, 0.4) is 0 Å². The van der Waals surface area contributed by atoms with Crippen molar-refractivity contribution < 1.29 is 9.53 Å². The molecule has 0 saturated heterocycles. The smallest absolute Gasteiger partial charge is 0.352 e. The van der Waals surface area contributed by atoms with Crippen molar-refractivity contribution in [2.45, 2.75) is 40.3 Å². The molecule has 1 aromatic heterocycles. The Kier molecular flexibility index (Phi) is 6.39. The minimum Gasteiger partial charge on any atom is -0.497 e. The number of aromatic nitrogens is 3. The van der Waals surface area contributed by atoms with Crippen LogP contribution in [-0.4, -0.2) is 33.4 Å². The van der Waals surface area contributed by atoms with Crippen molar-refractivity contribution in [3.05, 3.63) is 85.7 Å². The van der Waals surface area contributed by atoms with Gasteiger partial charge in [-0.05, 0) is 68.7 Å². The van der Waals surface area contributed by atoms with Gasteiger partial charge >= 0.3 is 5.69 Å². The maximum absolute atomic E-state index is 13.3. The van der Waals surface area contributed by atoms with Gasteiger partial charge in [0, 0.05) is 6.04 Å². The normalized spacial score (nSPS) is 10.9. The van der Waals surface area contributed by atoms with Gasteiger partial charge in [-0.3, -0.25) is 14.2 Å². The molecule has 0 fully saturated rings. The van der Waals surface area contributed by atoms with E-state index in [0.29, 0.717) is 17.0 Å². The molecule has 0 spiro atoms. The van der Waals surface area contributed by atoms with E-state index < -0.39 is 17.2 Å². The van der Waals surface area contributed by atoms with Crippen LogP contribution in [0.4, 0.5) is 0 Å². The fourth-order valence-corrected chi connectivity index (χ4v) is 3.32. The number of nitrogens with one attached hydrogen (secondary N) is 1. The lowest BCUT2D eigenvalue weighted by molar-refractivity contribution is 0.0933. The lowest BCUT2D eigenvalue weighted by atomic mass is 10.1. The third-order valence-electron chi connectivity index (χ3n) is 4.62. The van der Waals surface area contributed by atoms with Gasteiger partial charge in [0.1, 0.15) is 5.75 Å². The van der Waals surface area contributed by atoms with Crippen molar-refractivity contribution >= 4 is 5.91 Å². The zero-order chi connectivity index (χ0) is 22.7. The van der Waals surface area contributed by atoms with E-state index >= 15 is 0 Å². The standard InChI is InChI=1S/C23H26N4O4/c1-14(2)24-21(28)20-22(29)26(13-17-7-6-8-19(12-17)31-5)23(30)27(25-20)18-10-15(3)9-16(4)11-18/h6-12,14H,13H2,1-5H3,(H,24,28). The highest BCUT2D eigenvalue weighted by atomic mass is 16.5. The number of hydrogen-bond donors (Lipinski definition) is 1. The van der Waals surface area contributed by atoms with Crippen LogP contribution in [-0.2, 0) is 6.54 Å². The van der Waals surface area contributed by atoms with Gasteiger partial charge < -0.3 is 10.1 Å². The minimum absolute atomic E-state index is 0.0237. The lowest BCUT2D eigenvalue weighted by Gasteiger charge is -2.14. The fraction of sp³-hybridized carbons (Fsp3) is 0.304. The maximum Gasteiger partial charge on any atom is 0.352 e. The Labute approximate surface area is 180 Å². The molecule has 1 heterocycles. The van der Waals surface area contributed by atoms with Crippen LogP contribution >= 0.6 is 0 Å². The van der Waals surface area contributed by atoms with E-state index in [4.69, 9.17) is 4.74 Å². The number of nitrogens with zero attached hydrogens (tertiary/aromatic N) is 3. The molecular weight excluding hydrogens is 396 g/mol. The Morgan fingerprint density at radius 2 is 1.77 bits per heavy atom. The van der Waals surface area contributed by atoms with Crippen LogP contribution in [0.25, 0.3) is 5.69 Å². The van der Waals surface area contributed by atoms with E-state index in [1.54, 1.807) is 57.4 Å². The number of hydrogen-bond acceptors (Lipinski definition) is 5. The van der Waals surface area contributed by atoms with E-state index in [1.165, 1.54) is 0 Å². The number of ether oxygens (including phenoxy) is 1. The van der Waals surface area contributed by atoms with Crippen molar-refractivity contribution in [2.24, 2.45) is 0 Å². The van der Waals surface area contributed by atoms with Crippen molar-refractivity contribution in [1.82, 2.24) is 19.7 Å². The van der Waals surface area contributed by atoms with E-state index in [9.17, 15) is 14.4 Å². The van der Waals surface area contributed by atoms with E-state index in [2.05, 4.69) is 10.4 Å². The van der Waals surface area contributed by atoms with Crippen molar-refractivity contribution in [3.63, 3.8) is 0 Å². The number of amides is 1. The van der Waals surface area contributed by atoms with Crippen molar-refractivity contribution in [2.75, 3.05) is 7.11 Å². The highest BCUT2D eigenvalue weighted by Gasteiger charge is 2.21. The van der Waals surface area contributed by atoms with E-state index in [-0.39, 0.29) is 18.3 Å². The Balaban J connectivity index is 2.24. The number of aryl methyl sites for hydroxylation is 2. The third-order valence-corrected chi connectivity index (χ3v) is 4.62. The van der Waals surface area contributed by atoms with Crippen LogP contribution in [0.15, 0.2) is 52.1 Å². The molecule has 0 aliphatic heterocycles. The summed E-state index contributed by atoms with van der Waals surface area (Å²) in [5.74, 6) is -0.0236. The maximum atomic E-state index is 13.3. The van der Waals surface area contributed by atoms with E-state index in [0.717, 1.165) is 20.4 Å². The monoisotopic (exact) mass is 422 g/mol. The van der Waals surface area contributed by atoms with Gasteiger partial charge in [-0.2, -0.15) is 9.78 Å². The zero-order valence-electron chi connectivity index (χ0n) is 18.3. The summed E-state index contributed by atoms with van der Waals surface area (Å²) in [7, 11) is 1.54. The van der Waals surface area contributed by atoms with Gasteiger partial charge in [-0.25, -0.2) is 4.79 Å². The molecule has 3 aromatic rings. The molecule has 0 aliphatic rings. The molecule has 31 heavy (non-hydrogen) atoms. The first-order chi connectivity index (χ1) is 14.7. The number of carbonyl (C=O) groups excluding carboxylic acids is 1. The summed E-state index contributed by atoms with van der Waals surface area (Å²) in [4.78, 5) is 39.0. The Morgan fingerprint density at radius 1 is 1.10 bits per heavy atom. The van der Waals surface area contributed by atoms with Gasteiger partial charge in [0.05, 0.1) is 19.3 Å². The zero-order valence-corrected chi connectivity index (χ0v) is 18.3. The number of methoxy groups -OCH3 is 1. The lowest BCUT2D eigenvalue weighted by Crippen LogP contribution is -2.46. The fourth-order valence-electron chi connectivity index (χ4n) is 3.32. The molecule has 0 atom stereocenters. The second kappa shape index (κ2) is 8.99. The largest absolute Gasteiger partial charge is 0.497 e. The van der Waals surface area contributed by atoms with Crippen molar-refractivity contribution in [3.8, 4) is 11.4 Å². The number of rotatable bonds is 6. The number of benzene rings is 2. The topological polar surface area (TPSA) is 95.2 Å². The molecule has 1 N–H and O–H groups in total. The predicted octanol–water partition coefficient (Wildman–Crippen LogP) is 2.21. The Bertz CT molecular complexity index is 1220. The van der Waals surface area contributed by atoms with Crippen molar-refractivity contribution in [1.29, 1.82) is 0 Å². The molecule has 0 saturated carbocycles. The molecule has 0 bridgehead atoms. The van der Waals surface area contributed by atoms with Gasteiger partial charge in [-0.1, -0.05) is 18.2 Å². The summed E-state index contributed by atoms with van der Waals surface area (Å²) in [6.45, 7) is 7.35. The molecule has 3 rings (SSSR count). The number of carbonyl (C=O) groups is 1. The minimum atomic E-state index is -0.744. The van der Waals surface area contributed by atoms with Crippen LogP contribution < -0.4 is 21.3 Å². The molecule has 0 radical (unpaired) electrons. The second-order valence-corrected chi connectivity index (χ2v) is 7.76. The molecule has 0 unspecified atom stereocenters. The Hall–Kier alpha value is -3.68. The van der Waals surface area contributed by atoms with Gasteiger partial charge in [0.15, 0.2) is 0 Å². The second-order valence-electron chi connectivity index (χ2n) is 7.76. The first-order valence-electron chi connectivity index (χ1n) is 9.96. The molecule has 8 nitrogen and oxygen atoms in total. The van der Waals surface area contributed by atoms with Crippen LogP contribution in [0.1, 0.15) is 41.0 Å². The van der Waals surface area contributed by atoms with Crippen LogP contribution in [0.2, 0.25) is 0 Å². The molecule has 0 aliphatic carbocycles. The predicted molar refractivity (Wildman–Crippen MR) is 118 cm³/mol. The summed E-state index contributed by atoms with van der Waals surface area (Å²) in [5.41, 5.74) is 1.33. The average Bonchev–Trinajstić information content (AvgIpc) is 2.70. The molecule has 8 heteroatoms. The van der Waals surface area contributed by atoms with Gasteiger partial charge in [-0.15, -0.1) is 0 Å². The molecular formula is C23H26N4O4. The van der Waals surface area contributed by atoms with Crippen LogP contribution in [0.5, 0.6) is 5.75 Å². The van der Waals surface area contributed by atoms with Crippen LogP contribution in [0, 0.1) is 13.8 Å². The highest BCUT2D eigenvalue weighted by molar-refractivity contribution is 5.91. The van der Waals surface area contributed by atoms with Gasteiger partial charge in [0.2, 0.25) is 5.69 Å². The summed E-state index contributed by atoms with van der Waals surface area (Å²) in [5, 5.41) is 6.83. The van der Waals surface area contributed by atoms with Gasteiger partial charge in [0.25, 0.3) is 11.5 Å². The first kappa shape index (κ1) is 22.0. The summed E-state index contributed by atoms with van der Waals surface area (Å²) >= 11 is 0. The molecule has 2 aromatic carbocycles. The quantitative estimate of drug-likeness (QED) is 0.657. The highest BCUT2D eigenvalue weighted by Crippen LogP contribution is 2.14. The molecule has 1 amide bonds. The summed E-state index contributed by atoms with van der Waals surface area (Å²) in [6, 6.07) is 12.4.